The minimum Gasteiger partial charge on any atom is -0.465 e. The van der Waals surface area contributed by atoms with Crippen molar-refractivity contribution in [1.82, 2.24) is 4.90 Å². The van der Waals surface area contributed by atoms with Crippen molar-refractivity contribution in [3.8, 4) is 0 Å². The third kappa shape index (κ3) is 32.6. The van der Waals surface area contributed by atoms with Crippen LogP contribution in [0.1, 0.15) is 202 Å². The molecule has 1 aliphatic heterocycles. The maximum Gasteiger partial charge on any atom is 0.508 e. The average Bonchev–Trinajstić information content (AvgIpc) is 3.23. The van der Waals surface area contributed by atoms with E-state index in [2.05, 4.69) is 63.8 Å². The van der Waals surface area contributed by atoms with E-state index in [1.54, 1.807) is 0 Å². The molecule has 334 valence electrons. The van der Waals surface area contributed by atoms with Crippen molar-refractivity contribution < 1.29 is 33.3 Å². The Morgan fingerprint density at radius 1 is 0.614 bits per heavy atom. The van der Waals surface area contributed by atoms with Gasteiger partial charge in [0.05, 0.1) is 19.6 Å². The number of allylic oxidation sites excluding steroid dienone is 4. The summed E-state index contributed by atoms with van der Waals surface area (Å²) in [6, 6.07) is 0. The molecule has 0 N–H and O–H groups in total. The van der Waals surface area contributed by atoms with E-state index < -0.39 is 12.4 Å². The summed E-state index contributed by atoms with van der Waals surface area (Å²) in [6.07, 6.45) is 36.4. The Balaban J connectivity index is 2.78. The molecule has 0 aliphatic carbocycles. The first-order valence-corrected chi connectivity index (χ1v) is 24.2. The van der Waals surface area contributed by atoms with Crippen LogP contribution in [0.25, 0.3) is 0 Å². The molecule has 3 unspecified atom stereocenters. The molecule has 8 heteroatoms. The first kappa shape index (κ1) is 53.1. The fourth-order valence-electron chi connectivity index (χ4n) is 7.64. The molecular weight excluding hydrogens is 715 g/mol. The van der Waals surface area contributed by atoms with Crippen LogP contribution in [-0.4, -0.2) is 76.0 Å². The van der Waals surface area contributed by atoms with Crippen molar-refractivity contribution in [2.75, 3.05) is 52.7 Å². The van der Waals surface area contributed by atoms with E-state index in [4.69, 9.17) is 23.7 Å². The largest absolute Gasteiger partial charge is 0.508 e. The van der Waals surface area contributed by atoms with Crippen LogP contribution in [0, 0.1) is 17.8 Å². The lowest BCUT2D eigenvalue weighted by atomic mass is 9.88. The highest BCUT2D eigenvalue weighted by molar-refractivity contribution is 5.69. The second-order valence-corrected chi connectivity index (χ2v) is 16.6. The molecule has 3 atom stereocenters. The quantitative estimate of drug-likeness (QED) is 0.0263. The molecule has 1 saturated heterocycles. The van der Waals surface area contributed by atoms with Gasteiger partial charge in [-0.1, -0.05) is 136 Å². The number of likely N-dealkylation sites (tertiary alicyclic amines) is 1. The Hall–Kier alpha value is -1.90. The van der Waals surface area contributed by atoms with Gasteiger partial charge in [0.15, 0.2) is 6.29 Å². The molecule has 1 rings (SSSR count). The second kappa shape index (κ2) is 39.6. The van der Waals surface area contributed by atoms with Crippen LogP contribution in [-0.2, 0) is 28.5 Å². The van der Waals surface area contributed by atoms with Gasteiger partial charge < -0.3 is 28.6 Å². The Morgan fingerprint density at radius 3 is 1.81 bits per heavy atom. The second-order valence-electron chi connectivity index (χ2n) is 16.6. The Kier molecular flexibility index (Phi) is 36.9. The van der Waals surface area contributed by atoms with Crippen LogP contribution in [0.5, 0.6) is 0 Å². The molecule has 0 bridgehead atoms. The zero-order valence-electron chi connectivity index (χ0n) is 38.0. The predicted molar refractivity (Wildman–Crippen MR) is 238 cm³/mol. The normalized spacial score (nSPS) is 16.1. The summed E-state index contributed by atoms with van der Waals surface area (Å²) in [4.78, 5) is 28.4. The van der Waals surface area contributed by atoms with Crippen molar-refractivity contribution in [3.05, 3.63) is 24.3 Å². The van der Waals surface area contributed by atoms with Gasteiger partial charge in [0.1, 0.15) is 6.61 Å². The van der Waals surface area contributed by atoms with Crippen molar-refractivity contribution in [2.24, 2.45) is 17.8 Å². The Morgan fingerprint density at radius 2 is 1.19 bits per heavy atom. The molecule has 1 heterocycles. The van der Waals surface area contributed by atoms with E-state index in [0.717, 1.165) is 96.7 Å². The molecule has 1 aliphatic rings. The standard InChI is InChI=1S/C49H91NO7/c1-6-11-15-19-22-26-31-44(30-25-18-14-9-4)33-34-46(43-57-49(52)56-41-45-32-29-37-50(10-5)40-45)42-55-47(51)35-36-48(53-38-27-23-20-16-12-7-2)54-39-28-24-21-17-13-8-3/h12-13,16-17,44-46,48H,6-11,14-15,18-43H2,1-5H3/b16-12-,17-13-. The summed E-state index contributed by atoms with van der Waals surface area (Å²) in [5, 5.41) is 0. The monoisotopic (exact) mass is 806 g/mol. The smallest absolute Gasteiger partial charge is 0.465 e. The highest BCUT2D eigenvalue weighted by atomic mass is 16.7. The molecule has 0 saturated carbocycles. The summed E-state index contributed by atoms with van der Waals surface area (Å²) < 4.78 is 29.5. The predicted octanol–water partition coefficient (Wildman–Crippen LogP) is 13.6. The van der Waals surface area contributed by atoms with E-state index >= 15 is 0 Å². The first-order valence-electron chi connectivity index (χ1n) is 24.2. The molecule has 0 aromatic rings. The maximum atomic E-state index is 13.2. The van der Waals surface area contributed by atoms with Gasteiger partial charge in [-0.15, -0.1) is 0 Å². The SMILES string of the molecule is CC/C=C\CCCCOC(CCC(=O)OCC(CCC(CCCCCC)CCCCCCCC)COC(=O)OCC1CCCN(CC)C1)OCCCC/C=C\CC. The lowest BCUT2D eigenvalue weighted by molar-refractivity contribution is -0.160. The van der Waals surface area contributed by atoms with E-state index in [1.165, 1.54) is 77.0 Å². The number of unbranched alkanes of at least 4 members (excludes halogenated alkanes) is 12. The van der Waals surface area contributed by atoms with E-state index in [1.807, 2.05) is 0 Å². The minimum absolute atomic E-state index is 0.0683. The van der Waals surface area contributed by atoms with E-state index in [-0.39, 0.29) is 31.5 Å². The molecule has 0 aromatic carbocycles. The summed E-state index contributed by atoms with van der Waals surface area (Å²) in [6.45, 7) is 16.2. The van der Waals surface area contributed by atoms with Gasteiger partial charge in [-0.05, 0) is 96.1 Å². The number of nitrogens with zero attached hydrogens (tertiary/aromatic N) is 1. The third-order valence-electron chi connectivity index (χ3n) is 11.3. The van der Waals surface area contributed by atoms with Crippen LogP contribution in [0.2, 0.25) is 0 Å². The molecule has 57 heavy (non-hydrogen) atoms. The first-order chi connectivity index (χ1) is 27.9. The fourth-order valence-corrected chi connectivity index (χ4v) is 7.64. The van der Waals surface area contributed by atoms with Crippen molar-refractivity contribution in [1.29, 1.82) is 0 Å². The molecule has 0 spiro atoms. The number of rotatable bonds is 39. The number of hydrogen-bond acceptors (Lipinski definition) is 8. The van der Waals surface area contributed by atoms with Gasteiger partial charge >= 0.3 is 12.1 Å². The number of hydrogen-bond donors (Lipinski definition) is 0. The fraction of sp³-hybridized carbons (Fsp3) is 0.878. The number of carbonyl (C=O) groups excluding carboxylic acids is 2. The minimum atomic E-state index is -0.608. The number of esters is 1. The zero-order chi connectivity index (χ0) is 41.4. The lowest BCUT2D eigenvalue weighted by Gasteiger charge is -2.31. The topological polar surface area (TPSA) is 83.5 Å². The third-order valence-corrected chi connectivity index (χ3v) is 11.3. The van der Waals surface area contributed by atoms with Crippen LogP contribution < -0.4 is 0 Å². The van der Waals surface area contributed by atoms with Crippen LogP contribution in [0.15, 0.2) is 24.3 Å². The summed E-state index contributed by atoms with van der Waals surface area (Å²) in [5.41, 5.74) is 0. The van der Waals surface area contributed by atoms with E-state index in [0.29, 0.717) is 38.1 Å². The highest BCUT2D eigenvalue weighted by Gasteiger charge is 2.23. The van der Waals surface area contributed by atoms with Crippen molar-refractivity contribution in [3.63, 3.8) is 0 Å². The summed E-state index contributed by atoms with van der Waals surface area (Å²) in [5.74, 6) is 0.670. The van der Waals surface area contributed by atoms with Crippen molar-refractivity contribution >= 4 is 12.1 Å². The van der Waals surface area contributed by atoms with Crippen LogP contribution >= 0.6 is 0 Å². The van der Waals surface area contributed by atoms with Gasteiger partial charge in [-0.3, -0.25) is 4.79 Å². The average molecular weight is 806 g/mol. The van der Waals surface area contributed by atoms with Gasteiger partial charge in [-0.25, -0.2) is 4.79 Å². The molecule has 0 aromatic heterocycles. The Labute approximate surface area is 352 Å². The van der Waals surface area contributed by atoms with Gasteiger partial charge in [-0.2, -0.15) is 0 Å². The van der Waals surface area contributed by atoms with Crippen LogP contribution in [0.4, 0.5) is 4.79 Å². The van der Waals surface area contributed by atoms with Gasteiger partial charge in [0, 0.05) is 38.0 Å². The molecule has 1 fully saturated rings. The van der Waals surface area contributed by atoms with E-state index in [9.17, 15) is 9.59 Å². The summed E-state index contributed by atoms with van der Waals surface area (Å²) >= 11 is 0. The van der Waals surface area contributed by atoms with Gasteiger partial charge in [0.2, 0.25) is 0 Å². The maximum absolute atomic E-state index is 13.2. The number of ether oxygens (including phenoxy) is 5. The summed E-state index contributed by atoms with van der Waals surface area (Å²) in [7, 11) is 0. The lowest BCUT2D eigenvalue weighted by Crippen LogP contribution is -2.37. The highest BCUT2D eigenvalue weighted by Crippen LogP contribution is 2.26. The number of piperidine rings is 1. The van der Waals surface area contributed by atoms with Crippen molar-refractivity contribution in [2.45, 2.75) is 208 Å². The Bertz CT molecular complexity index is 947. The van der Waals surface area contributed by atoms with Crippen LogP contribution in [0.3, 0.4) is 0 Å². The molecule has 8 nitrogen and oxygen atoms in total. The zero-order valence-corrected chi connectivity index (χ0v) is 38.0. The van der Waals surface area contributed by atoms with Gasteiger partial charge in [0.25, 0.3) is 0 Å². The number of carbonyl (C=O) groups is 2. The molecular formula is C49H91NO7. The molecule has 0 amide bonds. The molecule has 0 radical (unpaired) electrons.